The van der Waals surface area contributed by atoms with E-state index in [2.05, 4.69) is 15.3 Å². The van der Waals surface area contributed by atoms with Crippen LogP contribution in [0.1, 0.15) is 36.6 Å². The van der Waals surface area contributed by atoms with Crippen molar-refractivity contribution in [3.05, 3.63) is 17.5 Å². The van der Waals surface area contributed by atoms with Gasteiger partial charge in [0.1, 0.15) is 0 Å². The molecule has 1 saturated heterocycles. The third kappa shape index (κ3) is 3.47. The Kier molecular flexibility index (Phi) is 6.64. The molecule has 4 nitrogen and oxygen atoms in total. The van der Waals surface area contributed by atoms with Crippen LogP contribution < -0.4 is 11.1 Å². The van der Waals surface area contributed by atoms with Crippen molar-refractivity contribution in [3.63, 3.8) is 0 Å². The van der Waals surface area contributed by atoms with Gasteiger partial charge >= 0.3 is 0 Å². The number of piperidine rings is 1. The average Bonchev–Trinajstić information content (AvgIpc) is 2.23. The van der Waals surface area contributed by atoms with Crippen LogP contribution in [0.25, 0.3) is 0 Å². The Labute approximate surface area is 108 Å². The van der Waals surface area contributed by atoms with Crippen LogP contribution in [0.2, 0.25) is 0 Å². The SMILES string of the molecule is Cc1cnc(N)nc1C1CCCCN1.Cl.Cl. The van der Waals surface area contributed by atoms with Crippen LogP contribution in [0.3, 0.4) is 0 Å². The fraction of sp³-hybridized carbons (Fsp3) is 0.600. The fourth-order valence-electron chi connectivity index (χ4n) is 1.91. The molecule has 0 aromatic carbocycles. The Hall–Kier alpha value is -0.580. The molecule has 0 saturated carbocycles. The molecule has 6 heteroatoms. The summed E-state index contributed by atoms with van der Waals surface area (Å²) in [5.41, 5.74) is 7.77. The van der Waals surface area contributed by atoms with Crippen LogP contribution in [0.15, 0.2) is 6.20 Å². The first-order valence-electron chi connectivity index (χ1n) is 5.10. The number of nitrogens with one attached hydrogen (secondary N) is 1. The molecule has 3 N–H and O–H groups in total. The highest BCUT2D eigenvalue weighted by atomic mass is 35.5. The molecule has 16 heavy (non-hydrogen) atoms. The van der Waals surface area contributed by atoms with Gasteiger partial charge in [-0.3, -0.25) is 0 Å². The van der Waals surface area contributed by atoms with Gasteiger partial charge in [-0.25, -0.2) is 9.97 Å². The van der Waals surface area contributed by atoms with Crippen LogP contribution in [-0.4, -0.2) is 16.5 Å². The number of nitrogens with two attached hydrogens (primary N) is 1. The van der Waals surface area contributed by atoms with Crippen LogP contribution in [0.5, 0.6) is 0 Å². The molecular weight excluding hydrogens is 247 g/mol. The second-order valence-electron chi connectivity index (χ2n) is 3.80. The average molecular weight is 265 g/mol. The second-order valence-corrected chi connectivity index (χ2v) is 3.80. The number of hydrogen-bond acceptors (Lipinski definition) is 4. The Bertz CT molecular complexity index is 327. The second kappa shape index (κ2) is 6.89. The van der Waals surface area contributed by atoms with Crippen LogP contribution >= 0.6 is 24.8 Å². The van der Waals surface area contributed by atoms with Crippen molar-refractivity contribution in [2.24, 2.45) is 0 Å². The largest absolute Gasteiger partial charge is 0.368 e. The smallest absolute Gasteiger partial charge is 0.220 e. The monoisotopic (exact) mass is 264 g/mol. The van der Waals surface area contributed by atoms with Crippen molar-refractivity contribution in [2.75, 3.05) is 12.3 Å². The van der Waals surface area contributed by atoms with Gasteiger partial charge in [-0.1, -0.05) is 6.42 Å². The van der Waals surface area contributed by atoms with E-state index in [1.54, 1.807) is 6.20 Å². The molecule has 1 fully saturated rings. The van der Waals surface area contributed by atoms with Crippen LogP contribution in [0, 0.1) is 6.92 Å². The molecule has 1 atom stereocenters. The molecule has 1 aromatic heterocycles. The molecule has 1 aromatic rings. The molecule has 0 aliphatic carbocycles. The normalized spacial score (nSPS) is 19.4. The molecule has 1 aliphatic rings. The minimum Gasteiger partial charge on any atom is -0.368 e. The molecule has 0 radical (unpaired) electrons. The number of hydrogen-bond donors (Lipinski definition) is 2. The number of halogens is 2. The van der Waals surface area contributed by atoms with E-state index in [9.17, 15) is 0 Å². The molecule has 0 bridgehead atoms. The minimum atomic E-state index is 0. The lowest BCUT2D eigenvalue weighted by molar-refractivity contribution is 0.404. The van der Waals surface area contributed by atoms with E-state index in [1.165, 1.54) is 12.8 Å². The summed E-state index contributed by atoms with van der Waals surface area (Å²) in [6.45, 7) is 3.11. The highest BCUT2D eigenvalue weighted by Crippen LogP contribution is 2.23. The lowest BCUT2D eigenvalue weighted by Crippen LogP contribution is -2.28. The van der Waals surface area contributed by atoms with Gasteiger partial charge in [0.25, 0.3) is 0 Å². The summed E-state index contributed by atoms with van der Waals surface area (Å²) in [7, 11) is 0. The topological polar surface area (TPSA) is 63.8 Å². The van der Waals surface area contributed by atoms with Crippen molar-refractivity contribution in [1.82, 2.24) is 15.3 Å². The lowest BCUT2D eigenvalue weighted by Gasteiger charge is -2.24. The van der Waals surface area contributed by atoms with Gasteiger partial charge in [0.05, 0.1) is 5.69 Å². The molecule has 92 valence electrons. The first kappa shape index (κ1) is 15.4. The van der Waals surface area contributed by atoms with Gasteiger partial charge in [-0.05, 0) is 31.9 Å². The number of nitrogen functional groups attached to an aromatic ring is 1. The molecule has 1 unspecified atom stereocenters. The number of aromatic nitrogens is 2. The predicted octanol–water partition coefficient (Wildman–Crippen LogP) is 2.03. The first-order chi connectivity index (χ1) is 6.77. The van der Waals surface area contributed by atoms with Crippen LogP contribution in [0.4, 0.5) is 5.95 Å². The summed E-state index contributed by atoms with van der Waals surface area (Å²) in [4.78, 5) is 8.27. The van der Waals surface area contributed by atoms with Crippen LogP contribution in [-0.2, 0) is 0 Å². The van der Waals surface area contributed by atoms with Crippen molar-refractivity contribution in [1.29, 1.82) is 0 Å². The summed E-state index contributed by atoms with van der Waals surface area (Å²) in [6.07, 6.45) is 5.47. The fourth-order valence-corrected chi connectivity index (χ4v) is 1.91. The number of aryl methyl sites for hydroxylation is 1. The highest BCUT2D eigenvalue weighted by molar-refractivity contribution is 5.85. The summed E-state index contributed by atoms with van der Waals surface area (Å²) >= 11 is 0. The van der Waals surface area contributed by atoms with Gasteiger partial charge in [-0.2, -0.15) is 0 Å². The zero-order valence-electron chi connectivity index (χ0n) is 9.27. The van der Waals surface area contributed by atoms with E-state index in [1.807, 2.05) is 6.92 Å². The van der Waals surface area contributed by atoms with E-state index in [0.29, 0.717) is 12.0 Å². The van der Waals surface area contributed by atoms with Gasteiger partial charge in [0.2, 0.25) is 5.95 Å². The molecule has 0 amide bonds. The standard InChI is InChI=1S/C10H16N4.2ClH/c1-7-6-13-10(11)14-9(7)8-4-2-3-5-12-8;;/h6,8,12H,2-5H2,1H3,(H2,11,13,14);2*1H. The molecule has 2 heterocycles. The summed E-state index contributed by atoms with van der Waals surface area (Å²) in [6, 6.07) is 0.369. The van der Waals surface area contributed by atoms with Gasteiger partial charge in [0.15, 0.2) is 0 Å². The molecule has 1 aliphatic heterocycles. The lowest BCUT2D eigenvalue weighted by atomic mass is 9.99. The van der Waals surface area contributed by atoms with E-state index in [4.69, 9.17) is 5.73 Å². The third-order valence-corrected chi connectivity index (χ3v) is 2.67. The Morgan fingerprint density at radius 2 is 2.12 bits per heavy atom. The van der Waals surface area contributed by atoms with Gasteiger partial charge < -0.3 is 11.1 Å². The number of rotatable bonds is 1. The number of anilines is 1. The van der Waals surface area contributed by atoms with E-state index in [-0.39, 0.29) is 24.8 Å². The Morgan fingerprint density at radius 3 is 2.75 bits per heavy atom. The van der Waals surface area contributed by atoms with Crippen molar-refractivity contribution in [3.8, 4) is 0 Å². The van der Waals surface area contributed by atoms with Gasteiger partial charge in [-0.15, -0.1) is 24.8 Å². The van der Waals surface area contributed by atoms with E-state index >= 15 is 0 Å². The maximum absolute atomic E-state index is 5.58. The van der Waals surface area contributed by atoms with E-state index < -0.39 is 0 Å². The first-order valence-corrected chi connectivity index (χ1v) is 5.10. The van der Waals surface area contributed by atoms with Crippen molar-refractivity contribution in [2.45, 2.75) is 32.2 Å². The minimum absolute atomic E-state index is 0. The third-order valence-electron chi connectivity index (χ3n) is 2.67. The van der Waals surface area contributed by atoms with Gasteiger partial charge in [0, 0.05) is 12.2 Å². The van der Waals surface area contributed by atoms with Crippen molar-refractivity contribution >= 4 is 30.8 Å². The molecule has 2 rings (SSSR count). The maximum Gasteiger partial charge on any atom is 0.220 e. The maximum atomic E-state index is 5.58. The van der Waals surface area contributed by atoms with E-state index in [0.717, 1.165) is 24.2 Å². The Morgan fingerprint density at radius 1 is 1.38 bits per heavy atom. The summed E-state index contributed by atoms with van der Waals surface area (Å²) in [5, 5.41) is 3.46. The Balaban J connectivity index is 0.00000112. The highest BCUT2D eigenvalue weighted by Gasteiger charge is 2.18. The number of nitrogens with zero attached hydrogens (tertiary/aromatic N) is 2. The molecule has 0 spiro atoms. The van der Waals surface area contributed by atoms with Crippen molar-refractivity contribution < 1.29 is 0 Å². The zero-order valence-corrected chi connectivity index (χ0v) is 10.9. The zero-order chi connectivity index (χ0) is 9.97. The summed E-state index contributed by atoms with van der Waals surface area (Å²) in [5.74, 6) is 0.373. The predicted molar refractivity (Wildman–Crippen MR) is 70.3 cm³/mol. The quantitative estimate of drug-likeness (QED) is 0.815. The molecular formula is C10H18Cl2N4. The summed E-state index contributed by atoms with van der Waals surface area (Å²) < 4.78 is 0.